The number of ether oxygens (including phenoxy) is 3. The van der Waals surface area contributed by atoms with Gasteiger partial charge in [0.2, 0.25) is 0 Å². The summed E-state index contributed by atoms with van der Waals surface area (Å²) in [6.07, 6.45) is 0.258. The Morgan fingerprint density at radius 2 is 1.43 bits per heavy atom. The van der Waals surface area contributed by atoms with Gasteiger partial charge in [0, 0.05) is 11.8 Å². The van der Waals surface area contributed by atoms with E-state index in [9.17, 15) is 39.6 Å². The number of hydrogen-bond donors (Lipinski definition) is 1. The third-order valence-electron chi connectivity index (χ3n) is 6.64. The smallest absolute Gasteiger partial charge is 0.454 e. The van der Waals surface area contributed by atoms with Gasteiger partial charge in [-0.3, -0.25) is 4.55 Å². The average Bonchev–Trinajstić information content (AvgIpc) is 2.67. The van der Waals surface area contributed by atoms with Crippen LogP contribution in [0, 0.1) is 17.8 Å². The zero-order chi connectivity index (χ0) is 22.4. The fraction of sp³-hybridized carbons (Fsp3) is 0.938. The summed E-state index contributed by atoms with van der Waals surface area (Å²) in [5.41, 5.74) is -1.56. The first-order chi connectivity index (χ1) is 13.5. The zero-order valence-electron chi connectivity index (χ0n) is 15.3. The van der Waals surface area contributed by atoms with Crippen LogP contribution in [0.5, 0.6) is 0 Å². The fourth-order valence-corrected chi connectivity index (χ4v) is 5.72. The van der Waals surface area contributed by atoms with Crippen molar-refractivity contribution in [1.82, 2.24) is 0 Å². The van der Waals surface area contributed by atoms with Crippen molar-refractivity contribution in [3.63, 3.8) is 0 Å². The molecular weight excluding hydrogens is 450 g/mol. The van der Waals surface area contributed by atoms with Crippen LogP contribution < -0.4 is 0 Å². The minimum absolute atomic E-state index is 0.107. The Labute approximate surface area is 166 Å². The Morgan fingerprint density at radius 3 is 1.87 bits per heavy atom. The molecule has 4 aliphatic carbocycles. The van der Waals surface area contributed by atoms with Gasteiger partial charge in [-0.25, -0.2) is 4.79 Å². The number of rotatable bonds is 3. The second-order valence-electron chi connectivity index (χ2n) is 8.62. The first kappa shape index (κ1) is 22.1. The quantitative estimate of drug-likeness (QED) is 0.386. The van der Waals surface area contributed by atoms with Gasteiger partial charge in [-0.1, -0.05) is 0 Å². The van der Waals surface area contributed by atoms with E-state index in [2.05, 4.69) is 0 Å². The van der Waals surface area contributed by atoms with Crippen molar-refractivity contribution in [1.29, 1.82) is 0 Å². The van der Waals surface area contributed by atoms with Gasteiger partial charge in [0.05, 0.1) is 0 Å². The van der Waals surface area contributed by atoms with Gasteiger partial charge in [-0.2, -0.15) is 34.8 Å². The maximum absolute atomic E-state index is 13.7. The van der Waals surface area contributed by atoms with Crippen LogP contribution in [0.25, 0.3) is 0 Å². The molecule has 1 saturated heterocycles. The van der Waals surface area contributed by atoms with Crippen molar-refractivity contribution in [3.8, 4) is 0 Å². The van der Waals surface area contributed by atoms with Crippen molar-refractivity contribution in [2.75, 3.05) is 13.2 Å². The summed E-state index contributed by atoms with van der Waals surface area (Å²) in [7, 11) is -6.07. The molecule has 4 bridgehead atoms. The van der Waals surface area contributed by atoms with Crippen LogP contribution in [0.4, 0.5) is 26.3 Å². The van der Waals surface area contributed by atoms with Gasteiger partial charge < -0.3 is 14.2 Å². The normalized spacial score (nSPS) is 39.0. The van der Waals surface area contributed by atoms with E-state index in [4.69, 9.17) is 18.8 Å². The third kappa shape index (κ3) is 3.05. The maximum Gasteiger partial charge on any atom is 0.465 e. The zero-order valence-corrected chi connectivity index (χ0v) is 16.1. The molecule has 1 aliphatic heterocycles. The highest BCUT2D eigenvalue weighted by Gasteiger charge is 2.70. The number of carbonyl (C=O) groups is 1. The number of esters is 1. The molecule has 5 aliphatic rings. The predicted octanol–water partition coefficient (Wildman–Crippen LogP) is 2.60. The molecule has 7 nitrogen and oxygen atoms in total. The lowest BCUT2D eigenvalue weighted by molar-refractivity contribution is -0.355. The molecule has 5 fully saturated rings. The molecule has 1 N–H and O–H groups in total. The summed E-state index contributed by atoms with van der Waals surface area (Å²) in [4.78, 5) is 11.8. The monoisotopic (exact) mass is 468 g/mol. The molecule has 0 radical (unpaired) electrons. The minimum Gasteiger partial charge on any atom is -0.454 e. The van der Waals surface area contributed by atoms with Gasteiger partial charge in [0.1, 0.15) is 18.8 Å². The number of hydrogen-bond acceptors (Lipinski definition) is 6. The van der Waals surface area contributed by atoms with E-state index in [0.717, 1.165) is 0 Å². The van der Waals surface area contributed by atoms with Gasteiger partial charge in [-0.05, 0) is 38.0 Å². The van der Waals surface area contributed by atoms with Crippen LogP contribution in [0.15, 0.2) is 0 Å². The summed E-state index contributed by atoms with van der Waals surface area (Å²) >= 11 is 0. The molecule has 3 unspecified atom stereocenters. The highest BCUT2D eigenvalue weighted by Crippen LogP contribution is 2.64. The van der Waals surface area contributed by atoms with Crippen molar-refractivity contribution in [2.24, 2.45) is 17.8 Å². The second-order valence-corrected chi connectivity index (χ2v) is 10.1. The number of halogens is 6. The summed E-state index contributed by atoms with van der Waals surface area (Å²) in [6.45, 7) is -3.18. The van der Waals surface area contributed by atoms with Crippen LogP contribution in [-0.4, -0.2) is 60.6 Å². The highest BCUT2D eigenvalue weighted by atomic mass is 32.2. The lowest BCUT2D eigenvalue weighted by Gasteiger charge is -2.63. The summed E-state index contributed by atoms with van der Waals surface area (Å²) < 4.78 is 128. The molecule has 0 aromatic heterocycles. The average molecular weight is 468 g/mol. The van der Waals surface area contributed by atoms with Gasteiger partial charge in [-0.15, -0.1) is 0 Å². The Kier molecular flexibility index (Phi) is 4.58. The maximum atomic E-state index is 13.7. The van der Waals surface area contributed by atoms with Crippen LogP contribution in [-0.2, 0) is 29.1 Å². The van der Waals surface area contributed by atoms with E-state index in [1.54, 1.807) is 0 Å². The second kappa shape index (κ2) is 6.23. The largest absolute Gasteiger partial charge is 0.465 e. The molecule has 30 heavy (non-hydrogen) atoms. The Bertz CT molecular complexity index is 824. The molecule has 172 valence electrons. The first-order valence-electron chi connectivity index (χ1n) is 9.15. The SMILES string of the molecule is O=C(OC12CC3CC(C1)C1(OCC(F)(F)C(F)(F)CO1)[C@@H](C3)C2)C(F)(F)S(=O)(=O)O. The van der Waals surface area contributed by atoms with Crippen LogP contribution in [0.2, 0.25) is 0 Å². The van der Waals surface area contributed by atoms with Crippen molar-refractivity contribution in [2.45, 2.75) is 60.6 Å². The lowest BCUT2D eigenvalue weighted by Crippen LogP contribution is -2.67. The number of alkyl halides is 6. The standard InChI is InChI=1S/C16H18F6O7S/c17-13(18)6-27-15(28-7-14(13,19)20)9-1-8-2-10(15)5-12(3-8,4-9)29-11(23)16(21,22)30(24,25)26/h8-10H,1-7H2,(H,24,25,26)/t8?,9-,10?,12?/m0/s1. The Morgan fingerprint density at radius 1 is 0.967 bits per heavy atom. The van der Waals surface area contributed by atoms with Gasteiger partial charge in [0.25, 0.3) is 0 Å². The topological polar surface area (TPSA) is 99.1 Å². The molecule has 0 amide bonds. The van der Waals surface area contributed by atoms with E-state index in [1.807, 2.05) is 0 Å². The predicted molar refractivity (Wildman–Crippen MR) is 83.4 cm³/mol. The summed E-state index contributed by atoms with van der Waals surface area (Å²) in [5, 5.41) is -5.19. The van der Waals surface area contributed by atoms with E-state index in [-0.39, 0.29) is 25.2 Å². The molecule has 1 heterocycles. The highest BCUT2D eigenvalue weighted by molar-refractivity contribution is 7.87. The third-order valence-corrected chi connectivity index (χ3v) is 7.45. The van der Waals surface area contributed by atoms with Crippen molar-refractivity contribution in [3.05, 3.63) is 0 Å². The lowest BCUT2D eigenvalue weighted by atomic mass is 9.51. The minimum atomic E-state index is -6.07. The molecule has 4 saturated carbocycles. The fourth-order valence-electron chi connectivity index (χ4n) is 5.47. The van der Waals surface area contributed by atoms with Gasteiger partial charge >= 0.3 is 33.2 Å². The van der Waals surface area contributed by atoms with E-state index in [1.165, 1.54) is 0 Å². The summed E-state index contributed by atoms with van der Waals surface area (Å²) in [5.74, 6) is -15.0. The molecule has 0 aromatic rings. The van der Waals surface area contributed by atoms with E-state index in [0.29, 0.717) is 12.8 Å². The molecule has 1 spiro atoms. The Hall–Kier alpha value is -1.12. The van der Waals surface area contributed by atoms with E-state index < -0.39 is 69.6 Å². The summed E-state index contributed by atoms with van der Waals surface area (Å²) in [6, 6.07) is 0. The van der Waals surface area contributed by atoms with Crippen LogP contribution in [0.3, 0.4) is 0 Å². The van der Waals surface area contributed by atoms with Gasteiger partial charge in [0.15, 0.2) is 5.79 Å². The molecule has 0 aromatic carbocycles. The van der Waals surface area contributed by atoms with Crippen molar-refractivity contribution < 1.29 is 58.3 Å². The molecule has 5 rings (SSSR count). The molecule has 4 atom stereocenters. The van der Waals surface area contributed by atoms with Crippen LogP contribution >= 0.6 is 0 Å². The molecule has 14 heteroatoms. The molecular formula is C16H18F6O7S. The van der Waals surface area contributed by atoms with Crippen LogP contribution in [0.1, 0.15) is 32.1 Å². The number of carbonyl (C=O) groups excluding carboxylic acids is 1. The first-order valence-corrected chi connectivity index (χ1v) is 10.6. The van der Waals surface area contributed by atoms with E-state index >= 15 is 0 Å². The Balaban J connectivity index is 1.59. The van der Waals surface area contributed by atoms with Crippen molar-refractivity contribution >= 4 is 16.1 Å².